The van der Waals surface area contributed by atoms with Crippen molar-refractivity contribution in [2.24, 2.45) is 0 Å². The third kappa shape index (κ3) is 7.05. The molecule has 208 valence electrons. The molecule has 0 spiro atoms. The number of carbonyl (C=O) groups is 1. The molecular formula is C31H38F2N4O2. The minimum Gasteiger partial charge on any atom is -0.390 e. The van der Waals surface area contributed by atoms with Crippen molar-refractivity contribution in [2.45, 2.75) is 83.4 Å². The summed E-state index contributed by atoms with van der Waals surface area (Å²) in [7, 11) is 0. The number of nitrogens with one attached hydrogen (secondary N) is 2. The van der Waals surface area contributed by atoms with Gasteiger partial charge in [0.1, 0.15) is 17.5 Å². The minimum atomic E-state index is -1.02. The highest BCUT2D eigenvalue weighted by atomic mass is 19.1. The Morgan fingerprint density at radius 2 is 1.87 bits per heavy atom. The van der Waals surface area contributed by atoms with Crippen LogP contribution < -0.4 is 10.6 Å². The van der Waals surface area contributed by atoms with Gasteiger partial charge in [0.05, 0.1) is 12.1 Å². The van der Waals surface area contributed by atoms with Crippen molar-refractivity contribution >= 4 is 5.91 Å². The molecule has 1 aliphatic rings. The van der Waals surface area contributed by atoms with Gasteiger partial charge in [-0.3, -0.25) is 4.79 Å². The van der Waals surface area contributed by atoms with Crippen LogP contribution in [0.1, 0.15) is 67.9 Å². The summed E-state index contributed by atoms with van der Waals surface area (Å²) in [5.74, 6) is -0.987. The molecule has 8 heteroatoms. The number of rotatable bonds is 8. The maximum absolute atomic E-state index is 13.8. The van der Waals surface area contributed by atoms with Crippen molar-refractivity contribution in [2.75, 3.05) is 6.54 Å². The minimum absolute atomic E-state index is 0.0414. The first kappa shape index (κ1) is 28.8. The van der Waals surface area contributed by atoms with Crippen molar-refractivity contribution in [3.8, 4) is 0 Å². The zero-order valence-electron chi connectivity index (χ0n) is 23.3. The molecule has 1 unspecified atom stereocenters. The molecule has 3 atom stereocenters. The zero-order chi connectivity index (χ0) is 28.4. The first-order valence-electron chi connectivity index (χ1n) is 13.4. The Morgan fingerprint density at radius 1 is 1.15 bits per heavy atom. The number of nitrogens with zero attached hydrogens (tertiary/aromatic N) is 2. The van der Waals surface area contributed by atoms with Gasteiger partial charge in [0.15, 0.2) is 0 Å². The van der Waals surface area contributed by atoms with Crippen LogP contribution in [0.2, 0.25) is 0 Å². The Morgan fingerprint density at radius 3 is 2.54 bits per heavy atom. The van der Waals surface area contributed by atoms with E-state index in [1.807, 2.05) is 13.1 Å². The van der Waals surface area contributed by atoms with Crippen LogP contribution in [0, 0.1) is 18.6 Å². The fraction of sp³-hybridized carbons (Fsp3) is 0.452. The first-order chi connectivity index (χ1) is 18.3. The summed E-state index contributed by atoms with van der Waals surface area (Å²) in [6, 6.07) is 11.0. The van der Waals surface area contributed by atoms with E-state index in [0.29, 0.717) is 12.0 Å². The maximum atomic E-state index is 13.8. The second-order valence-corrected chi connectivity index (χ2v) is 11.7. The Kier molecular flexibility index (Phi) is 8.47. The van der Waals surface area contributed by atoms with Crippen LogP contribution in [-0.4, -0.2) is 39.7 Å². The molecule has 1 heterocycles. The van der Waals surface area contributed by atoms with Gasteiger partial charge in [0.25, 0.3) is 0 Å². The molecule has 0 saturated heterocycles. The Bertz CT molecular complexity index is 1320. The van der Waals surface area contributed by atoms with Gasteiger partial charge in [0.2, 0.25) is 5.91 Å². The number of amides is 1. The molecule has 3 N–H and O–H groups in total. The van der Waals surface area contributed by atoms with Gasteiger partial charge in [-0.15, -0.1) is 0 Å². The molecule has 39 heavy (non-hydrogen) atoms. The van der Waals surface area contributed by atoms with Gasteiger partial charge in [-0.05, 0) is 72.4 Å². The summed E-state index contributed by atoms with van der Waals surface area (Å²) in [4.78, 5) is 21.0. The van der Waals surface area contributed by atoms with Crippen LogP contribution in [0.25, 0.3) is 0 Å². The topological polar surface area (TPSA) is 87.1 Å². The first-order valence-corrected chi connectivity index (χ1v) is 13.4. The largest absolute Gasteiger partial charge is 0.390 e. The molecule has 2 aromatic carbocycles. The summed E-state index contributed by atoms with van der Waals surface area (Å²) in [6.07, 6.45) is 3.10. The van der Waals surface area contributed by atoms with E-state index in [4.69, 9.17) is 0 Å². The van der Waals surface area contributed by atoms with Crippen molar-refractivity contribution in [3.05, 3.63) is 94.1 Å². The standard InChI is InChI=1S/C31H38F2N4O2/c1-19-34-17-22-16-31(10-9-27(22)36-19,24-8-6-7-23(14-24)30(3,4)5)35-18-29(39)28(37-20(2)38)13-21-11-25(32)15-26(33)12-21/h6-8,11-12,14-15,17,28-29,35,39H,9-10,13,16,18H2,1-5H3,(H,37,38)/t28-,29+,31?/m0/s1. The van der Waals surface area contributed by atoms with Crippen LogP contribution in [-0.2, 0) is 35.0 Å². The average molecular weight is 537 g/mol. The molecule has 4 rings (SSSR count). The van der Waals surface area contributed by atoms with E-state index in [1.54, 1.807) is 0 Å². The Labute approximate surface area is 229 Å². The lowest BCUT2D eigenvalue weighted by atomic mass is 9.73. The second-order valence-electron chi connectivity index (χ2n) is 11.7. The number of carbonyl (C=O) groups excluding carboxylic acids is 1. The number of halogens is 2. The Balaban J connectivity index is 1.63. The quantitative estimate of drug-likeness (QED) is 0.396. The second kappa shape index (κ2) is 11.5. The third-order valence-electron chi connectivity index (χ3n) is 7.52. The number of fused-ring (bicyclic) bond motifs is 1. The molecule has 0 saturated carbocycles. The predicted octanol–water partition coefficient (Wildman–Crippen LogP) is 4.44. The molecule has 0 radical (unpaired) electrons. The van der Waals surface area contributed by atoms with Crippen molar-refractivity contribution in [1.29, 1.82) is 0 Å². The number of hydrogen-bond acceptors (Lipinski definition) is 5. The average Bonchev–Trinajstić information content (AvgIpc) is 2.85. The van der Waals surface area contributed by atoms with Crippen LogP contribution in [0.5, 0.6) is 0 Å². The van der Waals surface area contributed by atoms with Gasteiger partial charge in [0, 0.05) is 37.0 Å². The third-order valence-corrected chi connectivity index (χ3v) is 7.52. The number of hydrogen-bond donors (Lipinski definition) is 3. The lowest BCUT2D eigenvalue weighted by Gasteiger charge is -2.41. The molecule has 3 aromatic rings. The zero-order valence-corrected chi connectivity index (χ0v) is 23.3. The highest BCUT2D eigenvalue weighted by molar-refractivity contribution is 5.73. The van der Waals surface area contributed by atoms with E-state index in [1.165, 1.54) is 24.6 Å². The Hall–Kier alpha value is -3.23. The van der Waals surface area contributed by atoms with E-state index < -0.39 is 29.3 Å². The van der Waals surface area contributed by atoms with Crippen LogP contribution in [0.4, 0.5) is 8.78 Å². The highest BCUT2D eigenvalue weighted by Gasteiger charge is 2.38. The summed E-state index contributed by atoms with van der Waals surface area (Å²) >= 11 is 0. The van der Waals surface area contributed by atoms with Crippen LogP contribution in [0.15, 0.2) is 48.7 Å². The number of aromatic nitrogens is 2. The van der Waals surface area contributed by atoms with Crippen molar-refractivity contribution in [1.82, 2.24) is 20.6 Å². The fourth-order valence-electron chi connectivity index (χ4n) is 5.40. The molecule has 0 aliphatic heterocycles. The van der Waals surface area contributed by atoms with Crippen molar-refractivity contribution < 1.29 is 18.7 Å². The number of aryl methyl sites for hydroxylation is 2. The molecule has 6 nitrogen and oxygen atoms in total. The lowest BCUT2D eigenvalue weighted by molar-refractivity contribution is -0.120. The van der Waals surface area contributed by atoms with E-state index in [2.05, 4.69) is 65.6 Å². The van der Waals surface area contributed by atoms with Gasteiger partial charge in [-0.1, -0.05) is 45.0 Å². The predicted molar refractivity (Wildman–Crippen MR) is 147 cm³/mol. The number of benzene rings is 2. The van der Waals surface area contributed by atoms with Gasteiger partial charge >= 0.3 is 0 Å². The fourth-order valence-corrected chi connectivity index (χ4v) is 5.40. The smallest absolute Gasteiger partial charge is 0.217 e. The molecule has 1 aromatic heterocycles. The molecular weight excluding hydrogens is 498 g/mol. The SMILES string of the molecule is CC(=O)N[C@@H](Cc1cc(F)cc(F)c1)[C@H](O)CNC1(c2cccc(C(C)(C)C)c2)CCc2nc(C)ncc2C1. The van der Waals surface area contributed by atoms with Crippen molar-refractivity contribution in [3.63, 3.8) is 0 Å². The van der Waals surface area contributed by atoms with Gasteiger partial charge in [-0.25, -0.2) is 18.7 Å². The summed E-state index contributed by atoms with van der Waals surface area (Å²) in [6.45, 7) is 9.93. The van der Waals surface area contributed by atoms with E-state index in [9.17, 15) is 18.7 Å². The molecule has 0 fully saturated rings. The van der Waals surface area contributed by atoms with Crippen LogP contribution in [0.3, 0.4) is 0 Å². The highest BCUT2D eigenvalue weighted by Crippen LogP contribution is 2.37. The number of aliphatic hydroxyl groups is 1. The maximum Gasteiger partial charge on any atom is 0.217 e. The van der Waals surface area contributed by atoms with E-state index in [-0.39, 0.29) is 24.3 Å². The normalized spacial score (nSPS) is 18.8. The lowest BCUT2D eigenvalue weighted by Crippen LogP contribution is -2.54. The monoisotopic (exact) mass is 536 g/mol. The van der Waals surface area contributed by atoms with E-state index >= 15 is 0 Å². The number of aliphatic hydroxyl groups excluding tert-OH is 1. The van der Waals surface area contributed by atoms with Gasteiger partial charge < -0.3 is 15.7 Å². The molecule has 0 bridgehead atoms. The van der Waals surface area contributed by atoms with E-state index in [0.717, 1.165) is 41.6 Å². The summed E-state index contributed by atoms with van der Waals surface area (Å²) < 4.78 is 27.6. The summed E-state index contributed by atoms with van der Waals surface area (Å²) in [5, 5.41) is 17.7. The summed E-state index contributed by atoms with van der Waals surface area (Å²) in [5.41, 5.74) is 4.23. The van der Waals surface area contributed by atoms with Crippen LogP contribution >= 0.6 is 0 Å². The van der Waals surface area contributed by atoms with Gasteiger partial charge in [-0.2, -0.15) is 0 Å². The molecule has 1 amide bonds. The molecule has 1 aliphatic carbocycles.